The number of methoxy groups -OCH3 is 1. The number of benzene rings is 1. The fourth-order valence-corrected chi connectivity index (χ4v) is 5.08. The van der Waals surface area contributed by atoms with Crippen LogP contribution < -0.4 is 14.5 Å². The molecule has 35 heavy (non-hydrogen) atoms. The van der Waals surface area contributed by atoms with E-state index in [9.17, 15) is 9.59 Å². The Labute approximate surface area is 207 Å². The molecular weight excluding hydrogens is 444 g/mol. The average molecular weight is 481 g/mol. The second-order valence-electron chi connectivity index (χ2n) is 9.26. The van der Waals surface area contributed by atoms with Gasteiger partial charge < -0.3 is 14.4 Å². The van der Waals surface area contributed by atoms with Gasteiger partial charge in [0.2, 0.25) is 5.91 Å². The third-order valence-corrected chi connectivity index (χ3v) is 6.99. The number of carbonyl (C=O) groups is 2. The number of anilines is 2. The maximum absolute atomic E-state index is 13.5. The second-order valence-corrected chi connectivity index (χ2v) is 9.26. The summed E-state index contributed by atoms with van der Waals surface area (Å²) in [5.41, 5.74) is 1.13. The summed E-state index contributed by atoms with van der Waals surface area (Å²) in [6.07, 6.45) is 4.60. The van der Waals surface area contributed by atoms with Gasteiger partial charge in [-0.25, -0.2) is 4.98 Å². The van der Waals surface area contributed by atoms with Crippen molar-refractivity contribution in [2.45, 2.75) is 38.7 Å². The normalized spacial score (nSPS) is 20.8. The van der Waals surface area contributed by atoms with Crippen LogP contribution >= 0.6 is 0 Å². The number of piperazine rings is 1. The average Bonchev–Trinajstić information content (AvgIpc) is 2.90. The molecule has 2 aromatic rings. The Hall–Kier alpha value is -3.13. The summed E-state index contributed by atoms with van der Waals surface area (Å²) in [6, 6.07) is 13.8. The minimum absolute atomic E-state index is 0.0637. The van der Waals surface area contributed by atoms with Crippen LogP contribution in [0.25, 0.3) is 0 Å². The number of pyridine rings is 1. The van der Waals surface area contributed by atoms with E-state index >= 15 is 0 Å². The number of carbonyl (C=O) groups excluding carboxylic acids is 2. The third kappa shape index (κ3) is 6.51. The number of aromatic nitrogens is 1. The molecule has 1 saturated carbocycles. The van der Waals surface area contributed by atoms with Crippen molar-refractivity contribution in [2.24, 2.45) is 5.92 Å². The van der Waals surface area contributed by atoms with E-state index in [1.807, 2.05) is 41.3 Å². The zero-order valence-electron chi connectivity index (χ0n) is 20.8. The minimum atomic E-state index is -0.249. The first-order chi connectivity index (χ1) is 17.0. The molecule has 188 valence electrons. The van der Waals surface area contributed by atoms with Crippen LogP contribution in [0.2, 0.25) is 0 Å². The van der Waals surface area contributed by atoms with Crippen LogP contribution in [-0.2, 0) is 14.3 Å². The molecule has 1 saturated heterocycles. The lowest BCUT2D eigenvalue weighted by atomic mass is 9.86. The summed E-state index contributed by atoms with van der Waals surface area (Å²) in [7, 11) is 1.71. The maximum atomic E-state index is 13.5. The molecule has 1 aliphatic heterocycles. The van der Waals surface area contributed by atoms with E-state index in [4.69, 9.17) is 9.47 Å². The number of para-hydroxylation sites is 2. The van der Waals surface area contributed by atoms with Crippen molar-refractivity contribution in [2.75, 3.05) is 56.2 Å². The highest BCUT2D eigenvalue weighted by Crippen LogP contribution is 2.30. The van der Waals surface area contributed by atoms with Crippen LogP contribution in [0.5, 0.6) is 5.75 Å². The number of rotatable bonds is 8. The fraction of sp³-hybridized carbons (Fsp3) is 0.519. The fourth-order valence-electron chi connectivity index (χ4n) is 5.08. The molecule has 0 spiro atoms. The maximum Gasteiger partial charge on any atom is 0.302 e. The Morgan fingerprint density at radius 2 is 1.71 bits per heavy atom. The van der Waals surface area contributed by atoms with Crippen LogP contribution in [0.1, 0.15) is 32.6 Å². The van der Waals surface area contributed by atoms with E-state index in [0.29, 0.717) is 12.4 Å². The summed E-state index contributed by atoms with van der Waals surface area (Å²) < 4.78 is 10.9. The molecule has 0 unspecified atom stereocenters. The molecule has 0 N–H and O–H groups in total. The van der Waals surface area contributed by atoms with Crippen LogP contribution in [0, 0.1) is 5.92 Å². The third-order valence-electron chi connectivity index (χ3n) is 6.99. The summed E-state index contributed by atoms with van der Waals surface area (Å²) in [5.74, 6) is 1.41. The van der Waals surface area contributed by atoms with Gasteiger partial charge in [-0.2, -0.15) is 0 Å². The zero-order valence-corrected chi connectivity index (χ0v) is 20.8. The molecule has 0 bridgehead atoms. The van der Waals surface area contributed by atoms with Gasteiger partial charge in [-0.15, -0.1) is 0 Å². The topological polar surface area (TPSA) is 75.2 Å². The minimum Gasteiger partial charge on any atom is -0.495 e. The number of amides is 1. The van der Waals surface area contributed by atoms with Gasteiger partial charge in [0.25, 0.3) is 0 Å². The molecule has 4 rings (SSSR count). The molecule has 1 aromatic carbocycles. The lowest BCUT2D eigenvalue weighted by Gasteiger charge is -2.38. The van der Waals surface area contributed by atoms with E-state index in [1.165, 1.54) is 6.92 Å². The Morgan fingerprint density at radius 1 is 1.00 bits per heavy atom. The van der Waals surface area contributed by atoms with Crippen molar-refractivity contribution in [1.29, 1.82) is 0 Å². The predicted molar refractivity (Wildman–Crippen MR) is 136 cm³/mol. The van der Waals surface area contributed by atoms with Crippen LogP contribution in [0.15, 0.2) is 48.7 Å². The van der Waals surface area contributed by atoms with Gasteiger partial charge in [0.15, 0.2) is 0 Å². The van der Waals surface area contributed by atoms with E-state index in [0.717, 1.165) is 69.8 Å². The zero-order chi connectivity index (χ0) is 24.6. The summed E-state index contributed by atoms with van der Waals surface area (Å²) in [6.45, 7) is 6.52. The van der Waals surface area contributed by atoms with Crippen molar-refractivity contribution in [1.82, 2.24) is 9.88 Å². The van der Waals surface area contributed by atoms with Gasteiger partial charge in [-0.05, 0) is 49.9 Å². The van der Waals surface area contributed by atoms with Crippen molar-refractivity contribution in [3.8, 4) is 5.75 Å². The first-order valence-electron chi connectivity index (χ1n) is 12.5. The van der Waals surface area contributed by atoms with Crippen LogP contribution in [0.3, 0.4) is 0 Å². The Bertz CT molecular complexity index is 970. The summed E-state index contributed by atoms with van der Waals surface area (Å²) in [5, 5.41) is 0. The van der Waals surface area contributed by atoms with Crippen LogP contribution in [0.4, 0.5) is 11.5 Å². The number of nitrogens with zero attached hydrogens (tertiary/aromatic N) is 4. The highest BCUT2D eigenvalue weighted by atomic mass is 16.5. The first kappa shape index (κ1) is 25.0. The lowest BCUT2D eigenvalue weighted by molar-refractivity contribution is -0.148. The largest absolute Gasteiger partial charge is 0.495 e. The molecule has 1 aliphatic carbocycles. The molecule has 0 atom stereocenters. The van der Waals surface area contributed by atoms with Gasteiger partial charge in [0.1, 0.15) is 17.7 Å². The summed E-state index contributed by atoms with van der Waals surface area (Å²) in [4.78, 5) is 35.9. The molecule has 8 nitrogen and oxygen atoms in total. The monoisotopic (exact) mass is 480 g/mol. The standard InChI is InChI=1S/C27H36N4O4/c1-21(32)35-23-12-10-22(11-13-23)27(33)31(26-9-5-6-14-28-26)20-17-29-15-18-30(19-16-29)24-7-3-4-8-25(24)34-2/h3-9,14,22-23H,10-13,15-20H2,1-2H3. The first-order valence-corrected chi connectivity index (χ1v) is 12.5. The van der Waals surface area contributed by atoms with Gasteiger partial charge in [-0.3, -0.25) is 19.4 Å². The van der Waals surface area contributed by atoms with Gasteiger partial charge in [-0.1, -0.05) is 18.2 Å². The molecule has 2 fully saturated rings. The van der Waals surface area contributed by atoms with E-state index < -0.39 is 0 Å². The number of esters is 1. The number of hydrogen-bond acceptors (Lipinski definition) is 7. The van der Waals surface area contributed by atoms with E-state index in [1.54, 1.807) is 13.3 Å². The Kier molecular flexibility index (Phi) is 8.58. The Morgan fingerprint density at radius 3 is 2.37 bits per heavy atom. The van der Waals surface area contributed by atoms with Gasteiger partial charge in [0.05, 0.1) is 12.8 Å². The van der Waals surface area contributed by atoms with Gasteiger partial charge in [0, 0.05) is 58.3 Å². The van der Waals surface area contributed by atoms with Crippen LogP contribution in [-0.4, -0.2) is 74.2 Å². The molecule has 0 radical (unpaired) electrons. The number of hydrogen-bond donors (Lipinski definition) is 0. The molecule has 2 aliphatic rings. The molecule has 1 amide bonds. The molecule has 2 heterocycles. The highest BCUT2D eigenvalue weighted by Gasteiger charge is 2.32. The SMILES string of the molecule is COc1ccccc1N1CCN(CCN(C(=O)C2CCC(OC(C)=O)CC2)c2ccccn2)CC1. The predicted octanol–water partition coefficient (Wildman–Crippen LogP) is 3.37. The van der Waals surface area contributed by atoms with Crippen molar-refractivity contribution in [3.05, 3.63) is 48.7 Å². The van der Waals surface area contributed by atoms with Gasteiger partial charge >= 0.3 is 5.97 Å². The number of ether oxygens (including phenoxy) is 2. The lowest BCUT2D eigenvalue weighted by Crippen LogP contribution is -2.50. The van der Waals surface area contributed by atoms with E-state index in [2.05, 4.69) is 20.9 Å². The molecule has 1 aromatic heterocycles. The van der Waals surface area contributed by atoms with Crippen molar-refractivity contribution in [3.63, 3.8) is 0 Å². The Balaban J connectivity index is 1.34. The second kappa shape index (κ2) is 12.0. The molecule has 8 heteroatoms. The highest BCUT2D eigenvalue weighted by molar-refractivity contribution is 5.94. The van der Waals surface area contributed by atoms with Crippen molar-refractivity contribution < 1.29 is 19.1 Å². The quantitative estimate of drug-likeness (QED) is 0.536. The molecular formula is C27H36N4O4. The van der Waals surface area contributed by atoms with E-state index in [-0.39, 0.29) is 23.9 Å². The van der Waals surface area contributed by atoms with Crippen molar-refractivity contribution >= 4 is 23.4 Å². The summed E-state index contributed by atoms with van der Waals surface area (Å²) >= 11 is 0. The smallest absolute Gasteiger partial charge is 0.302 e.